The predicted octanol–water partition coefficient (Wildman–Crippen LogP) is 0.808. The second-order valence-corrected chi connectivity index (χ2v) is 2.97. The van der Waals surface area contributed by atoms with Crippen LogP contribution in [0.3, 0.4) is 0 Å². The zero-order valence-electron chi connectivity index (χ0n) is 8.81. The van der Waals surface area contributed by atoms with Crippen LogP contribution >= 0.6 is 0 Å². The van der Waals surface area contributed by atoms with Gasteiger partial charge in [0.25, 0.3) is 0 Å². The third-order valence-electron chi connectivity index (χ3n) is 2.10. The van der Waals surface area contributed by atoms with Crippen LogP contribution in [-0.2, 0) is 16.6 Å². The summed E-state index contributed by atoms with van der Waals surface area (Å²) in [6.45, 7) is 1.85. The molecular weight excluding hydrogens is 194 g/mol. The van der Waals surface area contributed by atoms with Crippen LogP contribution in [0.4, 0.5) is 0 Å². The summed E-state index contributed by atoms with van der Waals surface area (Å²) in [5, 5.41) is 12.7. The molecule has 0 atom stereocenters. The molecule has 1 aromatic heterocycles. The number of rotatable bonds is 2. The number of esters is 1. The van der Waals surface area contributed by atoms with Crippen molar-refractivity contribution < 1.29 is 9.53 Å². The molecule has 0 spiro atoms. The Morgan fingerprint density at radius 1 is 1.73 bits per heavy atom. The largest absolute Gasteiger partial charge is 0.465 e. The smallest absolute Gasteiger partial charge is 0.348 e. The number of nitriles is 1. The molecule has 0 saturated heterocycles. The zero-order valence-corrected chi connectivity index (χ0v) is 8.81. The van der Waals surface area contributed by atoms with Gasteiger partial charge in [-0.25, -0.2) is 4.79 Å². The van der Waals surface area contributed by atoms with Crippen LogP contribution in [-0.4, -0.2) is 22.9 Å². The van der Waals surface area contributed by atoms with Gasteiger partial charge in [-0.15, -0.1) is 0 Å². The summed E-state index contributed by atoms with van der Waals surface area (Å²) in [4.78, 5) is 11.1. The molecule has 1 rings (SSSR count). The number of hydrogen-bond donors (Lipinski definition) is 0. The molecule has 0 bridgehead atoms. The van der Waals surface area contributed by atoms with E-state index in [2.05, 4.69) is 9.84 Å². The number of carbonyl (C=O) groups excluding carboxylic acids is 1. The Hall–Kier alpha value is -2.09. The molecule has 5 nitrogen and oxygen atoms in total. The van der Waals surface area contributed by atoms with Crippen molar-refractivity contribution in [2.75, 3.05) is 7.11 Å². The maximum atomic E-state index is 11.1. The highest BCUT2D eigenvalue weighted by Gasteiger charge is 2.10. The molecule has 0 aliphatic heterocycles. The van der Waals surface area contributed by atoms with Crippen molar-refractivity contribution in [2.45, 2.75) is 6.92 Å². The van der Waals surface area contributed by atoms with Crippen molar-refractivity contribution >= 4 is 12.0 Å². The average Bonchev–Trinajstić information content (AvgIpc) is 2.56. The Morgan fingerprint density at radius 2 is 2.40 bits per heavy atom. The number of ether oxygens (including phenoxy) is 1. The van der Waals surface area contributed by atoms with Crippen molar-refractivity contribution in [1.82, 2.24) is 9.78 Å². The van der Waals surface area contributed by atoms with Crippen LogP contribution in [0.1, 0.15) is 11.3 Å². The van der Waals surface area contributed by atoms with E-state index in [1.54, 1.807) is 24.0 Å². The fourth-order valence-corrected chi connectivity index (χ4v) is 1.06. The van der Waals surface area contributed by atoms with Gasteiger partial charge in [-0.2, -0.15) is 10.4 Å². The van der Waals surface area contributed by atoms with Gasteiger partial charge in [0.05, 0.1) is 13.3 Å². The quantitative estimate of drug-likeness (QED) is 0.407. The second-order valence-electron chi connectivity index (χ2n) is 2.97. The summed E-state index contributed by atoms with van der Waals surface area (Å²) in [6, 6.07) is 1.79. The number of methoxy groups -OCH3 is 1. The maximum Gasteiger partial charge on any atom is 0.348 e. The second kappa shape index (κ2) is 4.42. The molecule has 0 aliphatic carbocycles. The molecule has 0 unspecified atom stereocenters. The molecule has 0 amide bonds. The molecule has 0 fully saturated rings. The normalized spacial score (nSPS) is 10.9. The lowest BCUT2D eigenvalue weighted by atomic mass is 10.2. The van der Waals surface area contributed by atoms with E-state index in [1.807, 2.05) is 6.92 Å². The predicted molar refractivity (Wildman–Crippen MR) is 53.6 cm³/mol. The zero-order chi connectivity index (χ0) is 11.4. The van der Waals surface area contributed by atoms with Gasteiger partial charge in [-0.05, 0) is 13.0 Å². The summed E-state index contributed by atoms with van der Waals surface area (Å²) in [6.07, 6.45) is 3.06. The Labute approximate surface area is 87.6 Å². The minimum atomic E-state index is -0.638. The molecule has 0 aliphatic rings. The van der Waals surface area contributed by atoms with Gasteiger partial charge in [0.2, 0.25) is 0 Å². The maximum absolute atomic E-state index is 11.1. The third kappa shape index (κ3) is 2.23. The molecule has 5 heteroatoms. The highest BCUT2D eigenvalue weighted by molar-refractivity contribution is 5.97. The number of aromatic nitrogens is 2. The standard InChI is InChI=1S/C10H11N3O2/c1-7-9(6-12-13(7)2)4-8(5-11)10(14)15-3/h4,6H,1-3H3. The van der Waals surface area contributed by atoms with E-state index >= 15 is 0 Å². The molecule has 15 heavy (non-hydrogen) atoms. The lowest BCUT2D eigenvalue weighted by Crippen LogP contribution is -2.02. The topological polar surface area (TPSA) is 67.9 Å². The lowest BCUT2D eigenvalue weighted by Gasteiger charge is -1.96. The minimum Gasteiger partial charge on any atom is -0.465 e. The third-order valence-corrected chi connectivity index (χ3v) is 2.10. The Kier molecular flexibility index (Phi) is 3.24. The van der Waals surface area contributed by atoms with E-state index in [-0.39, 0.29) is 5.57 Å². The van der Waals surface area contributed by atoms with E-state index < -0.39 is 5.97 Å². The van der Waals surface area contributed by atoms with Crippen molar-refractivity contribution in [1.29, 1.82) is 5.26 Å². The van der Waals surface area contributed by atoms with E-state index in [0.717, 1.165) is 11.3 Å². The van der Waals surface area contributed by atoms with Crippen molar-refractivity contribution in [3.05, 3.63) is 23.0 Å². The van der Waals surface area contributed by atoms with Gasteiger partial charge in [-0.1, -0.05) is 0 Å². The van der Waals surface area contributed by atoms with Crippen LogP contribution in [0, 0.1) is 18.3 Å². The highest BCUT2D eigenvalue weighted by atomic mass is 16.5. The number of aryl methyl sites for hydroxylation is 1. The van der Waals surface area contributed by atoms with E-state index in [0.29, 0.717) is 0 Å². The van der Waals surface area contributed by atoms with Crippen LogP contribution in [0.25, 0.3) is 6.08 Å². The lowest BCUT2D eigenvalue weighted by molar-refractivity contribution is -0.135. The molecule has 1 heterocycles. The highest BCUT2D eigenvalue weighted by Crippen LogP contribution is 2.11. The van der Waals surface area contributed by atoms with Gasteiger partial charge in [0, 0.05) is 18.3 Å². The molecule has 78 valence electrons. The van der Waals surface area contributed by atoms with Gasteiger partial charge in [0.1, 0.15) is 11.6 Å². The molecule has 0 radical (unpaired) electrons. The van der Waals surface area contributed by atoms with E-state index in [9.17, 15) is 4.79 Å². The van der Waals surface area contributed by atoms with Crippen molar-refractivity contribution in [2.24, 2.45) is 7.05 Å². The van der Waals surface area contributed by atoms with Gasteiger partial charge in [-0.3, -0.25) is 4.68 Å². The van der Waals surface area contributed by atoms with Crippen LogP contribution < -0.4 is 0 Å². The first-order valence-corrected chi connectivity index (χ1v) is 4.29. The van der Waals surface area contributed by atoms with Crippen molar-refractivity contribution in [3.63, 3.8) is 0 Å². The van der Waals surface area contributed by atoms with E-state index in [1.165, 1.54) is 13.2 Å². The summed E-state index contributed by atoms with van der Waals surface area (Å²) in [7, 11) is 3.03. The molecule has 0 saturated carbocycles. The summed E-state index contributed by atoms with van der Waals surface area (Å²) in [5.41, 5.74) is 1.58. The summed E-state index contributed by atoms with van der Waals surface area (Å²) >= 11 is 0. The number of carbonyl (C=O) groups is 1. The van der Waals surface area contributed by atoms with Gasteiger partial charge in [0.15, 0.2) is 0 Å². The SMILES string of the molecule is COC(=O)C(C#N)=Cc1cnn(C)c1C. The Bertz CT molecular complexity index is 452. The molecule has 0 aromatic carbocycles. The van der Waals surface area contributed by atoms with Crippen LogP contribution in [0.15, 0.2) is 11.8 Å². The first kappa shape index (κ1) is 11.0. The number of hydrogen-bond acceptors (Lipinski definition) is 4. The summed E-state index contributed by atoms with van der Waals surface area (Å²) in [5.74, 6) is -0.638. The first-order valence-electron chi connectivity index (χ1n) is 4.29. The fourth-order valence-electron chi connectivity index (χ4n) is 1.06. The molecule has 0 N–H and O–H groups in total. The van der Waals surface area contributed by atoms with E-state index in [4.69, 9.17) is 5.26 Å². The Morgan fingerprint density at radius 3 is 2.80 bits per heavy atom. The monoisotopic (exact) mass is 205 g/mol. The molecular formula is C10H11N3O2. The average molecular weight is 205 g/mol. The number of nitrogens with zero attached hydrogens (tertiary/aromatic N) is 3. The fraction of sp³-hybridized carbons (Fsp3) is 0.300. The minimum absolute atomic E-state index is 0.0337. The van der Waals surface area contributed by atoms with Crippen LogP contribution in [0.5, 0.6) is 0 Å². The van der Waals surface area contributed by atoms with Gasteiger partial charge < -0.3 is 4.74 Å². The van der Waals surface area contributed by atoms with Crippen LogP contribution in [0.2, 0.25) is 0 Å². The first-order chi connectivity index (χ1) is 7.10. The van der Waals surface area contributed by atoms with Crippen molar-refractivity contribution in [3.8, 4) is 6.07 Å². The Balaban J connectivity index is 3.10. The van der Waals surface area contributed by atoms with Gasteiger partial charge >= 0.3 is 5.97 Å². The molecule has 1 aromatic rings. The summed E-state index contributed by atoms with van der Waals surface area (Å²) < 4.78 is 6.13.